The van der Waals surface area contributed by atoms with Crippen LogP contribution in [0.5, 0.6) is 0 Å². The number of aromatic nitrogens is 4. The number of pyridine rings is 2. The first-order chi connectivity index (χ1) is 11.8. The molecule has 0 saturated carbocycles. The van der Waals surface area contributed by atoms with E-state index in [-0.39, 0.29) is 11.8 Å². The maximum Gasteiger partial charge on any atom is 0.231 e. The molecular formula is C17H18N6O. The number of piperidine rings is 1. The normalized spacial score (nSPS) is 17.8. The number of carbonyl (C=O) groups is 1. The van der Waals surface area contributed by atoms with Crippen LogP contribution in [0, 0.1) is 5.92 Å². The summed E-state index contributed by atoms with van der Waals surface area (Å²) < 4.78 is 1.96. The molecule has 1 amide bonds. The van der Waals surface area contributed by atoms with Gasteiger partial charge in [-0.2, -0.15) is 0 Å². The van der Waals surface area contributed by atoms with Crippen molar-refractivity contribution in [2.24, 2.45) is 5.92 Å². The van der Waals surface area contributed by atoms with Crippen molar-refractivity contribution in [3.8, 4) is 0 Å². The lowest BCUT2D eigenvalue weighted by Gasteiger charge is -2.31. The minimum Gasteiger partial charge on any atom is -0.340 e. The Balaban J connectivity index is 1.50. The Morgan fingerprint density at radius 1 is 1.21 bits per heavy atom. The van der Waals surface area contributed by atoms with Gasteiger partial charge in [-0.3, -0.25) is 14.2 Å². The summed E-state index contributed by atoms with van der Waals surface area (Å²) in [5.41, 5.74) is 1.54. The summed E-state index contributed by atoms with van der Waals surface area (Å²) in [6, 6.07) is 9.47. The highest BCUT2D eigenvalue weighted by atomic mass is 16.1. The Labute approximate surface area is 139 Å². The van der Waals surface area contributed by atoms with Crippen LogP contribution < -0.4 is 10.2 Å². The van der Waals surface area contributed by atoms with Gasteiger partial charge in [0.25, 0.3) is 0 Å². The molecule has 0 bridgehead atoms. The van der Waals surface area contributed by atoms with Gasteiger partial charge in [0.15, 0.2) is 5.65 Å². The molecule has 1 aliphatic heterocycles. The average Bonchev–Trinajstić information content (AvgIpc) is 3.07. The van der Waals surface area contributed by atoms with Crippen LogP contribution in [-0.4, -0.2) is 38.6 Å². The predicted octanol–water partition coefficient (Wildman–Crippen LogP) is 1.98. The standard InChI is InChI=1S/C17H18N6O/c24-16(19-14-6-3-8-18-11-14)13-5-4-9-22(12-13)17-21-20-15-7-1-2-10-23(15)17/h1-3,6-8,10-11,13H,4-5,9,12H2,(H,19,24). The van der Waals surface area contributed by atoms with E-state index in [2.05, 4.69) is 25.4 Å². The molecule has 1 saturated heterocycles. The number of amides is 1. The summed E-state index contributed by atoms with van der Waals surface area (Å²) in [5, 5.41) is 11.4. The Morgan fingerprint density at radius 3 is 3.04 bits per heavy atom. The Morgan fingerprint density at radius 2 is 2.17 bits per heavy atom. The minimum atomic E-state index is -0.0741. The number of fused-ring (bicyclic) bond motifs is 1. The highest BCUT2D eigenvalue weighted by molar-refractivity contribution is 5.92. The van der Waals surface area contributed by atoms with Crippen LogP contribution in [0.1, 0.15) is 12.8 Å². The quantitative estimate of drug-likeness (QED) is 0.798. The van der Waals surface area contributed by atoms with Gasteiger partial charge in [0.05, 0.1) is 17.8 Å². The van der Waals surface area contributed by atoms with Crippen LogP contribution in [0.4, 0.5) is 11.6 Å². The average molecular weight is 322 g/mol. The van der Waals surface area contributed by atoms with E-state index in [0.717, 1.165) is 36.7 Å². The molecule has 7 heteroatoms. The van der Waals surface area contributed by atoms with E-state index >= 15 is 0 Å². The largest absolute Gasteiger partial charge is 0.340 e. The highest BCUT2D eigenvalue weighted by Gasteiger charge is 2.28. The van der Waals surface area contributed by atoms with Crippen molar-refractivity contribution in [1.29, 1.82) is 0 Å². The van der Waals surface area contributed by atoms with Gasteiger partial charge in [0.1, 0.15) is 0 Å². The van der Waals surface area contributed by atoms with Crippen LogP contribution >= 0.6 is 0 Å². The second-order valence-corrected chi connectivity index (χ2v) is 5.94. The number of hydrogen-bond acceptors (Lipinski definition) is 5. The van der Waals surface area contributed by atoms with Crippen LogP contribution in [-0.2, 0) is 4.79 Å². The molecule has 0 aromatic carbocycles. The highest BCUT2D eigenvalue weighted by Crippen LogP contribution is 2.23. The summed E-state index contributed by atoms with van der Waals surface area (Å²) in [4.78, 5) is 18.7. The number of hydrogen-bond donors (Lipinski definition) is 1. The van der Waals surface area contributed by atoms with Crippen LogP contribution in [0.25, 0.3) is 5.65 Å². The van der Waals surface area contributed by atoms with Crippen molar-refractivity contribution < 1.29 is 4.79 Å². The van der Waals surface area contributed by atoms with Gasteiger partial charge >= 0.3 is 0 Å². The molecule has 3 aromatic heterocycles. The molecule has 4 heterocycles. The monoisotopic (exact) mass is 322 g/mol. The minimum absolute atomic E-state index is 0.0292. The first kappa shape index (κ1) is 14.6. The van der Waals surface area contributed by atoms with Crippen molar-refractivity contribution >= 4 is 23.2 Å². The summed E-state index contributed by atoms with van der Waals surface area (Å²) in [5.74, 6) is 0.751. The zero-order valence-corrected chi connectivity index (χ0v) is 13.2. The number of nitrogens with one attached hydrogen (secondary N) is 1. The van der Waals surface area contributed by atoms with Crippen LogP contribution in [0.2, 0.25) is 0 Å². The van der Waals surface area contributed by atoms with Gasteiger partial charge < -0.3 is 10.2 Å². The van der Waals surface area contributed by atoms with Crippen LogP contribution in [0.3, 0.4) is 0 Å². The molecule has 1 N–H and O–H groups in total. The van der Waals surface area contributed by atoms with Crippen molar-refractivity contribution in [2.75, 3.05) is 23.3 Å². The fourth-order valence-corrected chi connectivity index (χ4v) is 3.10. The molecule has 3 aromatic rings. The fourth-order valence-electron chi connectivity index (χ4n) is 3.10. The van der Waals surface area contributed by atoms with Gasteiger partial charge in [0.2, 0.25) is 11.9 Å². The third-order valence-corrected chi connectivity index (χ3v) is 4.30. The number of carbonyl (C=O) groups excluding carboxylic acids is 1. The molecule has 1 unspecified atom stereocenters. The van der Waals surface area contributed by atoms with Gasteiger partial charge in [-0.25, -0.2) is 0 Å². The molecule has 1 fully saturated rings. The van der Waals surface area contributed by atoms with E-state index in [0.29, 0.717) is 6.54 Å². The molecule has 0 spiro atoms. The summed E-state index contributed by atoms with van der Waals surface area (Å²) in [6.07, 6.45) is 7.12. The van der Waals surface area contributed by atoms with Gasteiger partial charge in [-0.05, 0) is 37.1 Å². The lowest BCUT2D eigenvalue weighted by molar-refractivity contribution is -0.120. The maximum absolute atomic E-state index is 12.5. The van der Waals surface area contributed by atoms with Crippen LogP contribution in [0.15, 0.2) is 48.9 Å². The van der Waals surface area contributed by atoms with E-state index < -0.39 is 0 Å². The first-order valence-electron chi connectivity index (χ1n) is 8.07. The molecule has 122 valence electrons. The maximum atomic E-state index is 12.5. The van der Waals surface area contributed by atoms with E-state index in [9.17, 15) is 4.79 Å². The predicted molar refractivity (Wildman–Crippen MR) is 90.8 cm³/mol. The zero-order chi connectivity index (χ0) is 16.4. The second-order valence-electron chi connectivity index (χ2n) is 5.94. The van der Waals surface area contributed by atoms with E-state index in [4.69, 9.17) is 0 Å². The van der Waals surface area contributed by atoms with Gasteiger partial charge in [-0.1, -0.05) is 6.07 Å². The number of anilines is 2. The molecule has 7 nitrogen and oxygen atoms in total. The van der Waals surface area contributed by atoms with Crippen molar-refractivity contribution in [3.05, 3.63) is 48.9 Å². The van der Waals surface area contributed by atoms with E-state index in [1.165, 1.54) is 0 Å². The van der Waals surface area contributed by atoms with Crippen molar-refractivity contribution in [1.82, 2.24) is 19.6 Å². The number of rotatable bonds is 3. The topological polar surface area (TPSA) is 75.4 Å². The fraction of sp³-hybridized carbons (Fsp3) is 0.294. The lowest BCUT2D eigenvalue weighted by atomic mass is 9.97. The van der Waals surface area contributed by atoms with Gasteiger partial charge in [0, 0.05) is 25.5 Å². The third kappa shape index (κ3) is 2.80. The third-order valence-electron chi connectivity index (χ3n) is 4.30. The summed E-state index contributed by atoms with van der Waals surface area (Å²) in [7, 11) is 0. The van der Waals surface area contributed by atoms with E-state index in [1.807, 2.05) is 40.9 Å². The first-order valence-corrected chi connectivity index (χ1v) is 8.07. The van der Waals surface area contributed by atoms with Gasteiger partial charge in [-0.15, -0.1) is 10.2 Å². The molecule has 0 radical (unpaired) electrons. The smallest absolute Gasteiger partial charge is 0.231 e. The Kier molecular flexibility index (Phi) is 3.82. The molecule has 4 rings (SSSR count). The molecule has 24 heavy (non-hydrogen) atoms. The second kappa shape index (κ2) is 6.27. The Hall–Kier alpha value is -2.96. The molecular weight excluding hydrogens is 304 g/mol. The van der Waals surface area contributed by atoms with Crippen molar-refractivity contribution in [3.63, 3.8) is 0 Å². The summed E-state index contributed by atoms with van der Waals surface area (Å²) in [6.45, 7) is 1.52. The van der Waals surface area contributed by atoms with Crippen molar-refractivity contribution in [2.45, 2.75) is 12.8 Å². The SMILES string of the molecule is O=C(Nc1cccnc1)C1CCCN(c2nnc3ccccn23)C1. The number of nitrogens with zero attached hydrogens (tertiary/aromatic N) is 5. The molecule has 1 atom stereocenters. The zero-order valence-electron chi connectivity index (χ0n) is 13.2. The lowest BCUT2D eigenvalue weighted by Crippen LogP contribution is -2.41. The van der Waals surface area contributed by atoms with E-state index in [1.54, 1.807) is 12.4 Å². The summed E-state index contributed by atoms with van der Waals surface area (Å²) >= 11 is 0. The Bertz CT molecular complexity index is 846. The molecule has 0 aliphatic carbocycles. The molecule has 1 aliphatic rings.